The maximum atomic E-state index is 12.1. The van der Waals surface area contributed by atoms with Crippen LogP contribution in [0, 0.1) is 13.8 Å². The molecule has 2 heterocycles. The highest BCUT2D eigenvalue weighted by molar-refractivity contribution is 5.96. The standard InChI is InChI=1S/C13H15N3O/c1-9-5-4-6-14-13(9)12(17)8-11-7-10(2)15-16(11)3/h4-7H,8H2,1-3H3. The molecule has 2 rings (SSSR count). The van der Waals surface area contributed by atoms with Crippen molar-refractivity contribution in [3.8, 4) is 0 Å². The zero-order valence-corrected chi connectivity index (χ0v) is 10.3. The van der Waals surface area contributed by atoms with E-state index in [1.54, 1.807) is 10.9 Å². The van der Waals surface area contributed by atoms with Gasteiger partial charge in [-0.15, -0.1) is 0 Å². The van der Waals surface area contributed by atoms with Crippen molar-refractivity contribution in [2.24, 2.45) is 7.05 Å². The van der Waals surface area contributed by atoms with Gasteiger partial charge in [-0.05, 0) is 31.5 Å². The van der Waals surface area contributed by atoms with E-state index in [0.717, 1.165) is 17.0 Å². The van der Waals surface area contributed by atoms with Crippen molar-refractivity contribution in [3.05, 3.63) is 47.0 Å². The molecule has 88 valence electrons. The van der Waals surface area contributed by atoms with Gasteiger partial charge in [0.2, 0.25) is 0 Å². The summed E-state index contributed by atoms with van der Waals surface area (Å²) in [5.74, 6) is 0.0334. The normalized spacial score (nSPS) is 10.5. The number of rotatable bonds is 3. The van der Waals surface area contributed by atoms with Gasteiger partial charge in [0.25, 0.3) is 0 Å². The number of carbonyl (C=O) groups excluding carboxylic acids is 1. The predicted octanol–water partition coefficient (Wildman–Crippen LogP) is 1.86. The van der Waals surface area contributed by atoms with Gasteiger partial charge in [0.1, 0.15) is 5.69 Å². The van der Waals surface area contributed by atoms with Gasteiger partial charge in [-0.3, -0.25) is 14.5 Å². The minimum absolute atomic E-state index is 0.0334. The number of Topliss-reactive ketones (excluding diaryl/α,β-unsaturated/α-hetero) is 1. The third kappa shape index (κ3) is 2.41. The fourth-order valence-corrected chi connectivity index (χ4v) is 1.86. The molecule has 0 spiro atoms. The van der Waals surface area contributed by atoms with Gasteiger partial charge < -0.3 is 0 Å². The van der Waals surface area contributed by atoms with Crippen LogP contribution in [0.2, 0.25) is 0 Å². The Bertz CT molecular complexity index is 558. The van der Waals surface area contributed by atoms with E-state index in [1.165, 1.54) is 0 Å². The van der Waals surface area contributed by atoms with Crippen LogP contribution in [-0.2, 0) is 13.5 Å². The van der Waals surface area contributed by atoms with Crippen molar-refractivity contribution in [2.45, 2.75) is 20.3 Å². The van der Waals surface area contributed by atoms with Gasteiger partial charge in [-0.25, -0.2) is 0 Å². The molecule has 4 heteroatoms. The number of ketones is 1. The van der Waals surface area contributed by atoms with E-state index in [4.69, 9.17) is 0 Å². The lowest BCUT2D eigenvalue weighted by Gasteiger charge is -2.03. The number of aryl methyl sites for hydroxylation is 3. The smallest absolute Gasteiger partial charge is 0.187 e. The molecule has 0 N–H and O–H groups in total. The van der Waals surface area contributed by atoms with Gasteiger partial charge in [0, 0.05) is 18.9 Å². The van der Waals surface area contributed by atoms with Crippen LogP contribution >= 0.6 is 0 Å². The lowest BCUT2D eigenvalue weighted by molar-refractivity contribution is 0.0985. The zero-order chi connectivity index (χ0) is 12.4. The monoisotopic (exact) mass is 229 g/mol. The first-order valence-corrected chi connectivity index (χ1v) is 5.52. The highest BCUT2D eigenvalue weighted by atomic mass is 16.1. The molecule has 17 heavy (non-hydrogen) atoms. The van der Waals surface area contributed by atoms with Gasteiger partial charge in [0.15, 0.2) is 5.78 Å². The van der Waals surface area contributed by atoms with Crippen molar-refractivity contribution in [2.75, 3.05) is 0 Å². The molecule has 0 aromatic carbocycles. The second-order valence-electron chi connectivity index (χ2n) is 4.17. The molecule has 0 saturated carbocycles. The van der Waals surface area contributed by atoms with Crippen molar-refractivity contribution in [3.63, 3.8) is 0 Å². The van der Waals surface area contributed by atoms with Crippen molar-refractivity contribution >= 4 is 5.78 Å². The number of carbonyl (C=O) groups is 1. The number of pyridine rings is 1. The van der Waals surface area contributed by atoms with Crippen LogP contribution in [0.1, 0.15) is 27.4 Å². The highest BCUT2D eigenvalue weighted by Gasteiger charge is 2.13. The molecule has 0 bridgehead atoms. The number of aromatic nitrogens is 3. The lowest BCUT2D eigenvalue weighted by Crippen LogP contribution is -2.10. The Morgan fingerprint density at radius 3 is 2.76 bits per heavy atom. The largest absolute Gasteiger partial charge is 0.292 e. The predicted molar refractivity (Wildman–Crippen MR) is 65.0 cm³/mol. The molecule has 0 aliphatic rings. The second-order valence-corrected chi connectivity index (χ2v) is 4.17. The van der Waals surface area contributed by atoms with Crippen LogP contribution in [0.5, 0.6) is 0 Å². The molecular formula is C13H15N3O. The molecule has 0 unspecified atom stereocenters. The summed E-state index contributed by atoms with van der Waals surface area (Å²) in [4.78, 5) is 16.2. The number of hydrogen-bond acceptors (Lipinski definition) is 3. The average molecular weight is 229 g/mol. The zero-order valence-electron chi connectivity index (χ0n) is 10.3. The summed E-state index contributed by atoms with van der Waals surface area (Å²) >= 11 is 0. The summed E-state index contributed by atoms with van der Waals surface area (Å²) in [7, 11) is 1.85. The molecule has 2 aromatic heterocycles. The molecule has 0 saturated heterocycles. The van der Waals surface area contributed by atoms with Crippen molar-refractivity contribution < 1.29 is 4.79 Å². The van der Waals surface area contributed by atoms with E-state index in [1.807, 2.05) is 39.1 Å². The van der Waals surface area contributed by atoms with E-state index >= 15 is 0 Å². The molecular weight excluding hydrogens is 214 g/mol. The van der Waals surface area contributed by atoms with Crippen LogP contribution in [-0.4, -0.2) is 20.5 Å². The summed E-state index contributed by atoms with van der Waals surface area (Å²) in [6.45, 7) is 3.81. The maximum Gasteiger partial charge on any atom is 0.187 e. The quantitative estimate of drug-likeness (QED) is 0.755. The van der Waals surface area contributed by atoms with E-state index in [-0.39, 0.29) is 5.78 Å². The van der Waals surface area contributed by atoms with Gasteiger partial charge in [-0.1, -0.05) is 6.07 Å². The van der Waals surface area contributed by atoms with Crippen LogP contribution < -0.4 is 0 Å². The van der Waals surface area contributed by atoms with Crippen molar-refractivity contribution in [1.29, 1.82) is 0 Å². The van der Waals surface area contributed by atoms with Crippen LogP contribution in [0.15, 0.2) is 24.4 Å². The topological polar surface area (TPSA) is 47.8 Å². The first-order chi connectivity index (χ1) is 8.08. The maximum absolute atomic E-state index is 12.1. The Hall–Kier alpha value is -1.97. The Balaban J connectivity index is 2.23. The Labute approximate surface area is 100 Å². The first kappa shape index (κ1) is 11.5. The lowest BCUT2D eigenvalue weighted by atomic mass is 10.1. The molecule has 2 aromatic rings. The Morgan fingerprint density at radius 1 is 1.41 bits per heavy atom. The highest BCUT2D eigenvalue weighted by Crippen LogP contribution is 2.10. The third-order valence-electron chi connectivity index (χ3n) is 2.71. The van der Waals surface area contributed by atoms with Gasteiger partial charge in [-0.2, -0.15) is 5.10 Å². The minimum Gasteiger partial charge on any atom is -0.292 e. The second kappa shape index (κ2) is 4.49. The van der Waals surface area contributed by atoms with E-state index < -0.39 is 0 Å². The SMILES string of the molecule is Cc1cc(CC(=O)c2ncccc2C)n(C)n1. The van der Waals surface area contributed by atoms with Crippen molar-refractivity contribution in [1.82, 2.24) is 14.8 Å². The Morgan fingerprint density at radius 2 is 2.18 bits per heavy atom. The van der Waals surface area contributed by atoms with Gasteiger partial charge in [0.05, 0.1) is 12.1 Å². The fourth-order valence-electron chi connectivity index (χ4n) is 1.86. The van der Waals surface area contributed by atoms with Crippen LogP contribution in [0.25, 0.3) is 0 Å². The summed E-state index contributed by atoms with van der Waals surface area (Å²) in [6, 6.07) is 5.66. The average Bonchev–Trinajstić information content (AvgIpc) is 2.58. The molecule has 0 aliphatic carbocycles. The summed E-state index contributed by atoms with van der Waals surface area (Å²) in [6.07, 6.45) is 1.99. The molecule has 0 aliphatic heterocycles. The fraction of sp³-hybridized carbons (Fsp3) is 0.308. The van der Waals surface area contributed by atoms with E-state index in [2.05, 4.69) is 10.1 Å². The Kier molecular flexibility index (Phi) is 3.04. The third-order valence-corrected chi connectivity index (χ3v) is 2.71. The summed E-state index contributed by atoms with van der Waals surface area (Å²) in [5.41, 5.74) is 3.30. The van der Waals surface area contributed by atoms with Crippen LogP contribution in [0.3, 0.4) is 0 Å². The molecule has 0 fully saturated rings. The molecule has 0 radical (unpaired) electrons. The molecule has 0 atom stereocenters. The first-order valence-electron chi connectivity index (χ1n) is 5.52. The summed E-state index contributed by atoms with van der Waals surface area (Å²) < 4.78 is 1.74. The van der Waals surface area contributed by atoms with Crippen LogP contribution in [0.4, 0.5) is 0 Å². The molecule has 0 amide bonds. The number of nitrogens with zero attached hydrogens (tertiary/aromatic N) is 3. The molecule has 4 nitrogen and oxygen atoms in total. The minimum atomic E-state index is 0.0334. The van der Waals surface area contributed by atoms with Gasteiger partial charge >= 0.3 is 0 Å². The van der Waals surface area contributed by atoms with E-state index in [9.17, 15) is 4.79 Å². The van der Waals surface area contributed by atoms with E-state index in [0.29, 0.717) is 12.1 Å². The summed E-state index contributed by atoms with van der Waals surface area (Å²) in [5, 5.41) is 4.22. The number of hydrogen-bond donors (Lipinski definition) is 0.